The monoisotopic (exact) mass is 73.0 g/mol. The molecule has 0 nitrogen and oxygen atoms in total. The summed E-state index contributed by atoms with van der Waals surface area (Å²) >= 11 is 0. The second kappa shape index (κ2) is 1.53. The Labute approximate surface area is 29.4 Å². The van der Waals surface area contributed by atoms with E-state index >= 15 is 0 Å². The molecule has 0 aromatic carbocycles. The maximum atomic E-state index is 3.78. The van der Waals surface area contributed by atoms with E-state index in [1.165, 1.54) is 0 Å². The van der Waals surface area contributed by atoms with E-state index in [2.05, 4.69) is 19.6 Å². The summed E-state index contributed by atoms with van der Waals surface area (Å²) in [5.41, 5.74) is 0. The molecule has 0 unspecified atom stereocenters. The van der Waals surface area contributed by atoms with Gasteiger partial charge in [-0.05, 0) is 0 Å². The molecule has 0 N–H and O–H groups in total. The molecule has 0 aromatic heterocycles. The fourth-order valence-electron chi connectivity index (χ4n) is 0. The minimum Gasteiger partial charge on any atom is -0.0722 e. The van der Waals surface area contributed by atoms with Crippen LogP contribution in [0.4, 0.5) is 0 Å². The summed E-state index contributed by atoms with van der Waals surface area (Å²) in [5, 5.41) is 0. The second-order valence-corrected chi connectivity index (χ2v) is 4.18. The molecule has 0 saturated heterocycles. The molecule has 0 aliphatic carbocycles. The van der Waals surface area contributed by atoms with Crippen LogP contribution < -0.4 is 0 Å². The largest absolute Gasteiger partial charge is 0.0722 e. The van der Waals surface area contributed by atoms with Gasteiger partial charge >= 0.3 is 0 Å². The van der Waals surface area contributed by atoms with Crippen LogP contribution in [0.5, 0.6) is 0 Å². The summed E-state index contributed by atoms with van der Waals surface area (Å²) in [6.45, 7) is 8.17. The lowest BCUT2D eigenvalue weighted by molar-refractivity contribution is 2.01. The molecule has 0 aliphatic heterocycles. The standard InChI is InChI=1S/C3H9Si/c1-4(2)3/h4H,1H2,2-3H3. The molecule has 0 heterocycles. The summed E-state index contributed by atoms with van der Waals surface area (Å²) in [6, 6.07) is 0. The molecule has 1 heteroatoms. The average molecular weight is 73.2 g/mol. The van der Waals surface area contributed by atoms with Gasteiger partial charge in [0.15, 0.2) is 0 Å². The highest BCUT2D eigenvalue weighted by Gasteiger charge is 1.71. The van der Waals surface area contributed by atoms with Gasteiger partial charge in [-0.15, -0.1) is 0 Å². The SMILES string of the molecule is [CH2][SiH](C)C. The van der Waals surface area contributed by atoms with Crippen molar-refractivity contribution in [2.24, 2.45) is 0 Å². The number of rotatable bonds is 0. The maximum Gasteiger partial charge on any atom is 0.0302 e. The Balaban J connectivity index is 2.32. The van der Waals surface area contributed by atoms with Gasteiger partial charge in [0.1, 0.15) is 0 Å². The van der Waals surface area contributed by atoms with E-state index in [9.17, 15) is 0 Å². The smallest absolute Gasteiger partial charge is 0.0302 e. The van der Waals surface area contributed by atoms with E-state index in [4.69, 9.17) is 0 Å². The molecular formula is C3H9Si. The molecule has 0 spiro atoms. The molecule has 0 aromatic rings. The van der Waals surface area contributed by atoms with Gasteiger partial charge < -0.3 is 0 Å². The van der Waals surface area contributed by atoms with Gasteiger partial charge in [0.2, 0.25) is 0 Å². The van der Waals surface area contributed by atoms with Crippen LogP contribution in [0.3, 0.4) is 0 Å². The predicted octanol–water partition coefficient (Wildman–Crippen LogP) is 0.846. The zero-order chi connectivity index (χ0) is 3.58. The van der Waals surface area contributed by atoms with Gasteiger partial charge in [-0.25, -0.2) is 0 Å². The Morgan fingerprint density at radius 2 is 1.50 bits per heavy atom. The van der Waals surface area contributed by atoms with E-state index in [1.54, 1.807) is 0 Å². The van der Waals surface area contributed by atoms with Gasteiger partial charge in [0.25, 0.3) is 0 Å². The van der Waals surface area contributed by atoms with Gasteiger partial charge in [-0.1, -0.05) is 19.6 Å². The summed E-state index contributed by atoms with van der Waals surface area (Å²) in [4.78, 5) is 0. The summed E-state index contributed by atoms with van der Waals surface area (Å²) in [7, 11) is -0.389. The third kappa shape index (κ3) is 69.8. The molecule has 0 bridgehead atoms. The Kier molecular flexibility index (Phi) is 1.61. The van der Waals surface area contributed by atoms with Gasteiger partial charge in [0.05, 0.1) is 0 Å². The van der Waals surface area contributed by atoms with Gasteiger partial charge in [-0.2, -0.15) is 0 Å². The third-order valence-corrected chi connectivity index (χ3v) is 0. The van der Waals surface area contributed by atoms with E-state index in [0.717, 1.165) is 0 Å². The lowest BCUT2D eigenvalue weighted by Crippen LogP contribution is -1.86. The summed E-state index contributed by atoms with van der Waals surface area (Å²) in [5.74, 6) is 0. The lowest BCUT2D eigenvalue weighted by atomic mass is 11.8. The molecular weight excluding hydrogens is 64.1 g/mol. The first-order valence-electron chi connectivity index (χ1n) is 1.56. The Morgan fingerprint density at radius 3 is 1.50 bits per heavy atom. The Morgan fingerprint density at radius 1 is 1.50 bits per heavy atom. The molecule has 1 radical (unpaired) electrons. The van der Waals surface area contributed by atoms with Crippen molar-refractivity contribution in [3.05, 3.63) is 6.55 Å². The van der Waals surface area contributed by atoms with Crippen molar-refractivity contribution < 1.29 is 0 Å². The zero-order valence-electron chi connectivity index (χ0n) is 3.28. The molecule has 4 heavy (non-hydrogen) atoms. The zero-order valence-corrected chi connectivity index (χ0v) is 4.44. The van der Waals surface area contributed by atoms with E-state index in [1.807, 2.05) is 0 Å². The fraction of sp³-hybridized carbons (Fsp3) is 0.667. The van der Waals surface area contributed by atoms with Crippen LogP contribution in [0, 0.1) is 6.55 Å². The van der Waals surface area contributed by atoms with Crippen molar-refractivity contribution >= 4 is 8.80 Å². The van der Waals surface area contributed by atoms with Crippen LogP contribution in [0.25, 0.3) is 0 Å². The third-order valence-electron chi connectivity index (χ3n) is 0. The summed E-state index contributed by atoms with van der Waals surface area (Å²) < 4.78 is 0. The highest BCUT2D eigenvalue weighted by Crippen LogP contribution is 1.65. The Hall–Kier alpha value is 0.217. The van der Waals surface area contributed by atoms with E-state index in [-0.39, 0.29) is 8.80 Å². The van der Waals surface area contributed by atoms with Crippen molar-refractivity contribution in [3.8, 4) is 0 Å². The van der Waals surface area contributed by atoms with Gasteiger partial charge in [-0.3, -0.25) is 0 Å². The van der Waals surface area contributed by atoms with E-state index in [0.29, 0.717) is 0 Å². The topological polar surface area (TPSA) is 0 Å². The summed E-state index contributed by atoms with van der Waals surface area (Å²) in [6.07, 6.45) is 0. The lowest BCUT2D eigenvalue weighted by Gasteiger charge is -1.75. The van der Waals surface area contributed by atoms with Crippen molar-refractivity contribution in [3.63, 3.8) is 0 Å². The van der Waals surface area contributed by atoms with Crippen LogP contribution in [0.1, 0.15) is 0 Å². The minimum absolute atomic E-state index is 0.389. The molecule has 0 rings (SSSR count). The quantitative estimate of drug-likeness (QED) is 0.373. The first kappa shape index (κ1) is 4.22. The second-order valence-electron chi connectivity index (χ2n) is 1.39. The molecule has 0 saturated carbocycles. The van der Waals surface area contributed by atoms with Crippen LogP contribution >= 0.6 is 0 Å². The van der Waals surface area contributed by atoms with Crippen molar-refractivity contribution in [2.75, 3.05) is 0 Å². The Bertz CT molecular complexity index is 8.00. The maximum absolute atomic E-state index is 3.78. The molecule has 0 aliphatic rings. The van der Waals surface area contributed by atoms with E-state index < -0.39 is 0 Å². The van der Waals surface area contributed by atoms with Crippen molar-refractivity contribution in [1.82, 2.24) is 0 Å². The van der Waals surface area contributed by atoms with Crippen LogP contribution in [0.2, 0.25) is 13.1 Å². The van der Waals surface area contributed by atoms with Crippen LogP contribution in [-0.4, -0.2) is 8.80 Å². The number of hydrogen-bond acceptors (Lipinski definition) is 0. The first-order valence-corrected chi connectivity index (χ1v) is 4.69. The normalized spacial score (nSPS) is 9.00. The molecule has 25 valence electrons. The van der Waals surface area contributed by atoms with Crippen molar-refractivity contribution in [1.29, 1.82) is 0 Å². The van der Waals surface area contributed by atoms with Crippen LogP contribution in [0.15, 0.2) is 0 Å². The molecule has 0 fully saturated rings. The minimum atomic E-state index is -0.389. The van der Waals surface area contributed by atoms with Gasteiger partial charge in [0, 0.05) is 8.80 Å². The highest BCUT2D eigenvalue weighted by atomic mass is 28.3. The fourth-order valence-corrected chi connectivity index (χ4v) is 0. The van der Waals surface area contributed by atoms with Crippen molar-refractivity contribution in [2.45, 2.75) is 13.1 Å². The first-order chi connectivity index (χ1) is 1.73. The highest BCUT2D eigenvalue weighted by molar-refractivity contribution is 6.57. The van der Waals surface area contributed by atoms with Crippen LogP contribution in [-0.2, 0) is 0 Å². The molecule has 0 atom stereocenters. The molecule has 0 amide bonds. The predicted molar refractivity (Wildman–Crippen MR) is 24.2 cm³/mol. The number of hydrogen-bond donors (Lipinski definition) is 0. The average Bonchev–Trinajstić information content (AvgIpc) is 0.811.